The number of unbranched alkanes of at least 4 members (excludes halogenated alkanes) is 1. The Labute approximate surface area is 208 Å². The number of benzene rings is 1. The molecule has 0 saturated carbocycles. The van der Waals surface area contributed by atoms with Crippen molar-refractivity contribution in [1.82, 2.24) is 25.9 Å². The zero-order valence-electron chi connectivity index (χ0n) is 19.8. The molecule has 0 aliphatic carbocycles. The highest BCUT2D eigenvalue weighted by atomic mass is 16.4. The minimum absolute atomic E-state index is 0.0272. The molecule has 3 unspecified atom stereocenters. The highest BCUT2D eigenvalue weighted by Gasteiger charge is 2.29. The summed E-state index contributed by atoms with van der Waals surface area (Å²) in [4.78, 5) is 56.5. The topological polar surface area (TPSA) is 226 Å². The van der Waals surface area contributed by atoms with Crippen LogP contribution >= 0.6 is 0 Å². The number of nitrogens with one attached hydrogen (secondary N) is 4. The standard InChI is InChI=1S/C23H33N7O6/c24-8-2-1-3-17(21(33)30-19(23(35)36)10-15-12-26-13-27-15)29-22(34)18(28-20(32)11-25)9-14-4-6-16(31)7-5-14/h4-7,12-13,17-19,31H,1-3,8-11,24-25H2,(H,26,27)(H,28,32)(H,29,34)(H,30,33)(H,35,36). The number of aromatic amines is 1. The number of hydrogen-bond acceptors (Lipinski definition) is 8. The van der Waals surface area contributed by atoms with E-state index in [1.165, 1.54) is 24.7 Å². The number of imidazole rings is 1. The molecular weight excluding hydrogens is 470 g/mol. The van der Waals surface area contributed by atoms with Crippen molar-refractivity contribution in [2.24, 2.45) is 11.5 Å². The van der Waals surface area contributed by atoms with Gasteiger partial charge in [-0.05, 0) is 43.5 Å². The SMILES string of the molecule is NCCCCC(NC(=O)C(Cc1ccc(O)cc1)NC(=O)CN)C(=O)NC(Cc1cnc[nH]1)C(=O)O. The number of carboxylic acids is 1. The average molecular weight is 504 g/mol. The van der Waals surface area contributed by atoms with Crippen LogP contribution in [-0.2, 0) is 32.0 Å². The summed E-state index contributed by atoms with van der Waals surface area (Å²) in [6.07, 6.45) is 4.21. The molecule has 10 N–H and O–H groups in total. The third-order valence-electron chi connectivity index (χ3n) is 5.39. The van der Waals surface area contributed by atoms with E-state index >= 15 is 0 Å². The first kappa shape index (κ1) is 28.3. The van der Waals surface area contributed by atoms with E-state index in [4.69, 9.17) is 11.5 Å². The number of carbonyl (C=O) groups excluding carboxylic acids is 3. The molecule has 3 atom stereocenters. The summed E-state index contributed by atoms with van der Waals surface area (Å²) in [6.45, 7) is 0.0452. The lowest BCUT2D eigenvalue weighted by molar-refractivity contribution is -0.142. The second-order valence-electron chi connectivity index (χ2n) is 8.22. The van der Waals surface area contributed by atoms with Crippen LogP contribution in [0.3, 0.4) is 0 Å². The fourth-order valence-electron chi connectivity index (χ4n) is 3.45. The Morgan fingerprint density at radius 1 is 0.917 bits per heavy atom. The predicted molar refractivity (Wildman–Crippen MR) is 129 cm³/mol. The van der Waals surface area contributed by atoms with Gasteiger partial charge in [-0.3, -0.25) is 14.4 Å². The van der Waals surface area contributed by atoms with E-state index in [0.29, 0.717) is 30.6 Å². The molecule has 0 aliphatic rings. The van der Waals surface area contributed by atoms with E-state index in [-0.39, 0.29) is 31.6 Å². The van der Waals surface area contributed by atoms with Crippen molar-refractivity contribution in [3.63, 3.8) is 0 Å². The molecule has 1 heterocycles. The Hall–Kier alpha value is -3.97. The largest absolute Gasteiger partial charge is 0.508 e. The van der Waals surface area contributed by atoms with Gasteiger partial charge in [0, 0.05) is 24.7 Å². The number of phenolic OH excluding ortho intramolecular Hbond substituents is 1. The quantitative estimate of drug-likeness (QED) is 0.132. The highest BCUT2D eigenvalue weighted by Crippen LogP contribution is 2.12. The van der Waals surface area contributed by atoms with E-state index in [9.17, 15) is 29.4 Å². The number of aliphatic carboxylic acids is 1. The van der Waals surface area contributed by atoms with Gasteiger partial charge in [-0.25, -0.2) is 9.78 Å². The van der Waals surface area contributed by atoms with Crippen LogP contribution in [0, 0.1) is 0 Å². The Morgan fingerprint density at radius 2 is 1.58 bits per heavy atom. The van der Waals surface area contributed by atoms with Crippen molar-refractivity contribution < 1.29 is 29.4 Å². The molecule has 196 valence electrons. The summed E-state index contributed by atoms with van der Waals surface area (Å²) >= 11 is 0. The average Bonchev–Trinajstić information content (AvgIpc) is 3.36. The van der Waals surface area contributed by atoms with Gasteiger partial charge in [-0.1, -0.05) is 12.1 Å². The van der Waals surface area contributed by atoms with Crippen molar-refractivity contribution in [3.05, 3.63) is 48.0 Å². The van der Waals surface area contributed by atoms with E-state index < -0.39 is 41.8 Å². The first-order valence-electron chi connectivity index (χ1n) is 11.5. The van der Waals surface area contributed by atoms with Gasteiger partial charge in [-0.15, -0.1) is 0 Å². The van der Waals surface area contributed by atoms with Gasteiger partial charge < -0.3 is 42.6 Å². The summed E-state index contributed by atoms with van der Waals surface area (Å²) in [5.74, 6) is -3.08. The fraction of sp³-hybridized carbons (Fsp3) is 0.435. The summed E-state index contributed by atoms with van der Waals surface area (Å²) in [5, 5.41) is 26.7. The van der Waals surface area contributed by atoms with E-state index in [0.717, 1.165) is 0 Å². The van der Waals surface area contributed by atoms with Crippen LogP contribution in [0.2, 0.25) is 0 Å². The first-order valence-corrected chi connectivity index (χ1v) is 11.5. The maximum Gasteiger partial charge on any atom is 0.326 e. The van der Waals surface area contributed by atoms with Crippen LogP contribution in [0.5, 0.6) is 5.75 Å². The molecule has 13 heteroatoms. The number of nitrogens with two attached hydrogens (primary N) is 2. The second kappa shape index (κ2) is 14.4. The van der Waals surface area contributed by atoms with Crippen LogP contribution in [0.4, 0.5) is 0 Å². The van der Waals surface area contributed by atoms with Crippen LogP contribution in [0.15, 0.2) is 36.8 Å². The summed E-state index contributed by atoms with van der Waals surface area (Å²) < 4.78 is 0. The van der Waals surface area contributed by atoms with Crippen LogP contribution in [0.25, 0.3) is 0 Å². The number of aromatic nitrogens is 2. The van der Waals surface area contributed by atoms with E-state index in [2.05, 4.69) is 25.9 Å². The van der Waals surface area contributed by atoms with Gasteiger partial charge in [0.1, 0.15) is 23.9 Å². The molecule has 0 bridgehead atoms. The summed E-state index contributed by atoms with van der Waals surface area (Å²) in [6, 6.07) is 2.72. The normalized spacial score (nSPS) is 13.3. The van der Waals surface area contributed by atoms with Gasteiger partial charge in [0.25, 0.3) is 0 Å². The van der Waals surface area contributed by atoms with Crippen LogP contribution < -0.4 is 27.4 Å². The molecule has 0 saturated heterocycles. The number of rotatable bonds is 15. The minimum atomic E-state index is -1.25. The Balaban J connectivity index is 2.16. The number of nitrogens with zero attached hydrogens (tertiary/aromatic N) is 1. The predicted octanol–water partition coefficient (Wildman–Crippen LogP) is -1.47. The molecule has 2 rings (SSSR count). The number of carbonyl (C=O) groups is 4. The third kappa shape index (κ3) is 9.35. The van der Waals surface area contributed by atoms with Crippen LogP contribution in [0.1, 0.15) is 30.5 Å². The molecule has 0 spiro atoms. The minimum Gasteiger partial charge on any atom is -0.508 e. The van der Waals surface area contributed by atoms with Crippen molar-refractivity contribution in [3.8, 4) is 5.75 Å². The van der Waals surface area contributed by atoms with Crippen molar-refractivity contribution in [2.75, 3.05) is 13.1 Å². The smallest absolute Gasteiger partial charge is 0.326 e. The number of aromatic hydroxyl groups is 1. The van der Waals surface area contributed by atoms with Gasteiger partial charge in [0.15, 0.2) is 0 Å². The zero-order valence-corrected chi connectivity index (χ0v) is 19.8. The molecule has 36 heavy (non-hydrogen) atoms. The lowest BCUT2D eigenvalue weighted by Gasteiger charge is -2.24. The number of phenols is 1. The molecule has 0 radical (unpaired) electrons. The fourth-order valence-corrected chi connectivity index (χ4v) is 3.45. The van der Waals surface area contributed by atoms with Gasteiger partial charge in [0.05, 0.1) is 12.9 Å². The second-order valence-corrected chi connectivity index (χ2v) is 8.22. The lowest BCUT2D eigenvalue weighted by Crippen LogP contribution is -2.57. The van der Waals surface area contributed by atoms with Gasteiger partial charge in [-0.2, -0.15) is 0 Å². The van der Waals surface area contributed by atoms with Crippen molar-refractivity contribution in [1.29, 1.82) is 0 Å². The Morgan fingerprint density at radius 3 is 2.17 bits per heavy atom. The maximum atomic E-state index is 13.1. The van der Waals surface area contributed by atoms with Crippen molar-refractivity contribution >= 4 is 23.7 Å². The van der Waals surface area contributed by atoms with Gasteiger partial charge >= 0.3 is 5.97 Å². The van der Waals surface area contributed by atoms with Gasteiger partial charge in [0.2, 0.25) is 17.7 Å². The summed E-state index contributed by atoms with van der Waals surface area (Å²) in [5.41, 5.74) is 12.1. The monoisotopic (exact) mass is 503 g/mol. The number of H-pyrrole nitrogens is 1. The third-order valence-corrected chi connectivity index (χ3v) is 5.39. The maximum absolute atomic E-state index is 13.1. The lowest BCUT2D eigenvalue weighted by atomic mass is 10.0. The molecule has 0 aliphatic heterocycles. The number of hydrogen-bond donors (Lipinski definition) is 8. The molecule has 0 fully saturated rings. The first-order chi connectivity index (χ1) is 17.2. The van der Waals surface area contributed by atoms with E-state index in [1.54, 1.807) is 12.1 Å². The molecule has 13 nitrogen and oxygen atoms in total. The molecule has 1 aromatic carbocycles. The Kier molecular flexibility index (Phi) is 11.3. The summed E-state index contributed by atoms with van der Waals surface area (Å²) in [7, 11) is 0. The molecular formula is C23H33N7O6. The number of carboxylic acid groups (broad SMARTS) is 1. The zero-order chi connectivity index (χ0) is 26.5. The Bertz CT molecular complexity index is 997. The highest BCUT2D eigenvalue weighted by molar-refractivity contribution is 5.93. The van der Waals surface area contributed by atoms with Crippen LogP contribution in [-0.4, -0.2) is 75.1 Å². The molecule has 1 aromatic heterocycles. The van der Waals surface area contributed by atoms with Crippen molar-refractivity contribution in [2.45, 2.75) is 50.2 Å². The molecule has 2 aromatic rings. The molecule has 3 amide bonds. The van der Waals surface area contributed by atoms with E-state index in [1.807, 2.05) is 0 Å². The number of amides is 3.